The van der Waals surface area contributed by atoms with Crippen molar-refractivity contribution in [2.24, 2.45) is 0 Å². The Morgan fingerprint density at radius 2 is 1.93 bits per heavy atom. The molecule has 1 fully saturated rings. The molecule has 144 valence electrons. The lowest BCUT2D eigenvalue weighted by molar-refractivity contribution is 0.0678. The van der Waals surface area contributed by atoms with Crippen molar-refractivity contribution in [1.29, 1.82) is 0 Å². The van der Waals surface area contributed by atoms with Crippen LogP contribution in [0.2, 0.25) is 0 Å². The number of rotatable bonds is 7. The standard InChI is InChI=1S/C22H28N2O3/c1-23(2)19-11-9-17(10-12-19)15-24(3)22(25)18-6-4-7-20(14-18)27-16-21-8-5-13-26-21/h4,6-7,9-12,14,21H,5,8,13,15-16H2,1-3H3. The largest absolute Gasteiger partial charge is 0.491 e. The third-order valence-electron chi connectivity index (χ3n) is 4.76. The van der Waals surface area contributed by atoms with E-state index in [2.05, 4.69) is 29.2 Å². The Bertz CT molecular complexity index is 752. The van der Waals surface area contributed by atoms with Gasteiger partial charge in [-0.05, 0) is 48.7 Å². The summed E-state index contributed by atoms with van der Waals surface area (Å²) in [6.07, 6.45) is 2.29. The van der Waals surface area contributed by atoms with Crippen LogP contribution in [0.3, 0.4) is 0 Å². The molecule has 2 aromatic rings. The number of hydrogen-bond acceptors (Lipinski definition) is 4. The van der Waals surface area contributed by atoms with Gasteiger partial charge in [-0.25, -0.2) is 0 Å². The molecule has 27 heavy (non-hydrogen) atoms. The van der Waals surface area contributed by atoms with E-state index in [1.807, 2.05) is 45.4 Å². The molecule has 1 amide bonds. The van der Waals surface area contributed by atoms with Gasteiger partial charge < -0.3 is 19.3 Å². The average Bonchev–Trinajstić information content (AvgIpc) is 3.20. The highest BCUT2D eigenvalue weighted by molar-refractivity contribution is 5.94. The van der Waals surface area contributed by atoms with E-state index in [1.165, 1.54) is 0 Å². The molecule has 0 N–H and O–H groups in total. The van der Waals surface area contributed by atoms with Crippen LogP contribution in [0.1, 0.15) is 28.8 Å². The van der Waals surface area contributed by atoms with Crippen molar-refractivity contribution in [3.63, 3.8) is 0 Å². The smallest absolute Gasteiger partial charge is 0.254 e. The molecule has 1 atom stereocenters. The maximum atomic E-state index is 12.8. The van der Waals surface area contributed by atoms with Crippen LogP contribution in [0.4, 0.5) is 5.69 Å². The zero-order valence-corrected chi connectivity index (χ0v) is 16.4. The van der Waals surface area contributed by atoms with Crippen LogP contribution >= 0.6 is 0 Å². The minimum absolute atomic E-state index is 0.0192. The van der Waals surface area contributed by atoms with Crippen molar-refractivity contribution in [1.82, 2.24) is 4.90 Å². The van der Waals surface area contributed by atoms with E-state index in [9.17, 15) is 4.79 Å². The third kappa shape index (κ3) is 5.23. The Kier molecular flexibility index (Phi) is 6.35. The number of carbonyl (C=O) groups is 1. The first-order chi connectivity index (χ1) is 13.0. The van der Waals surface area contributed by atoms with Crippen molar-refractivity contribution >= 4 is 11.6 Å². The molecule has 1 saturated heterocycles. The Hall–Kier alpha value is -2.53. The fourth-order valence-corrected chi connectivity index (χ4v) is 3.15. The molecule has 5 nitrogen and oxygen atoms in total. The van der Waals surface area contributed by atoms with Gasteiger partial charge >= 0.3 is 0 Å². The predicted octanol–water partition coefficient (Wildman–Crippen LogP) is 3.58. The summed E-state index contributed by atoms with van der Waals surface area (Å²) in [5.41, 5.74) is 2.87. The van der Waals surface area contributed by atoms with Crippen molar-refractivity contribution < 1.29 is 14.3 Å². The van der Waals surface area contributed by atoms with Crippen LogP contribution in [-0.4, -0.2) is 51.3 Å². The lowest BCUT2D eigenvalue weighted by atomic mass is 10.1. The molecule has 0 bridgehead atoms. The van der Waals surface area contributed by atoms with Gasteiger partial charge in [0.25, 0.3) is 5.91 Å². The number of amides is 1. The van der Waals surface area contributed by atoms with Crippen LogP contribution in [0.25, 0.3) is 0 Å². The SMILES string of the molecule is CN(Cc1ccc(N(C)C)cc1)C(=O)c1cccc(OCC2CCCO2)c1. The van der Waals surface area contributed by atoms with E-state index in [-0.39, 0.29) is 12.0 Å². The number of anilines is 1. The lowest BCUT2D eigenvalue weighted by Crippen LogP contribution is -2.26. The maximum absolute atomic E-state index is 12.8. The van der Waals surface area contributed by atoms with Crippen molar-refractivity contribution in [3.05, 3.63) is 59.7 Å². The number of nitrogens with zero attached hydrogens (tertiary/aromatic N) is 2. The zero-order chi connectivity index (χ0) is 19.2. The molecule has 0 radical (unpaired) electrons. The molecule has 1 unspecified atom stereocenters. The lowest BCUT2D eigenvalue weighted by Gasteiger charge is -2.19. The number of hydrogen-bond donors (Lipinski definition) is 0. The van der Waals surface area contributed by atoms with Gasteiger partial charge in [-0.15, -0.1) is 0 Å². The summed E-state index contributed by atoms with van der Waals surface area (Å²) >= 11 is 0. The Morgan fingerprint density at radius 1 is 1.15 bits per heavy atom. The molecule has 0 aliphatic carbocycles. The molecule has 1 heterocycles. The van der Waals surface area contributed by atoms with Gasteiger partial charge in [-0.2, -0.15) is 0 Å². The van der Waals surface area contributed by atoms with Gasteiger partial charge in [0.15, 0.2) is 0 Å². The molecule has 1 aliphatic rings. The summed E-state index contributed by atoms with van der Waals surface area (Å²) in [5.74, 6) is 0.689. The summed E-state index contributed by atoms with van der Waals surface area (Å²) in [5, 5.41) is 0. The molecule has 5 heteroatoms. The van der Waals surface area contributed by atoms with Gasteiger partial charge in [-0.3, -0.25) is 4.79 Å². The molecule has 3 rings (SSSR count). The van der Waals surface area contributed by atoms with Crippen LogP contribution in [0.5, 0.6) is 5.75 Å². The topological polar surface area (TPSA) is 42.0 Å². The molecular weight excluding hydrogens is 340 g/mol. The van der Waals surface area contributed by atoms with Crippen LogP contribution < -0.4 is 9.64 Å². The summed E-state index contributed by atoms with van der Waals surface area (Å²) < 4.78 is 11.4. The van der Waals surface area contributed by atoms with Gasteiger partial charge in [-0.1, -0.05) is 18.2 Å². The average molecular weight is 368 g/mol. The summed E-state index contributed by atoms with van der Waals surface area (Å²) in [4.78, 5) is 16.6. The Balaban J connectivity index is 1.59. The monoisotopic (exact) mass is 368 g/mol. The summed E-state index contributed by atoms with van der Waals surface area (Å²) in [6.45, 7) is 1.91. The predicted molar refractivity (Wildman–Crippen MR) is 107 cm³/mol. The van der Waals surface area contributed by atoms with E-state index in [0.717, 1.165) is 30.7 Å². The molecule has 0 spiro atoms. The molecular formula is C22H28N2O3. The van der Waals surface area contributed by atoms with E-state index in [4.69, 9.17) is 9.47 Å². The molecule has 0 saturated carbocycles. The second-order valence-corrected chi connectivity index (χ2v) is 7.20. The van der Waals surface area contributed by atoms with Crippen LogP contribution in [0, 0.1) is 0 Å². The first-order valence-corrected chi connectivity index (χ1v) is 9.39. The van der Waals surface area contributed by atoms with E-state index in [1.54, 1.807) is 4.90 Å². The third-order valence-corrected chi connectivity index (χ3v) is 4.76. The van der Waals surface area contributed by atoms with Crippen molar-refractivity contribution in [2.75, 3.05) is 39.3 Å². The first-order valence-electron chi connectivity index (χ1n) is 9.39. The van der Waals surface area contributed by atoms with Crippen LogP contribution in [0.15, 0.2) is 48.5 Å². The number of benzene rings is 2. The normalized spacial score (nSPS) is 16.2. The summed E-state index contributed by atoms with van der Waals surface area (Å²) in [6, 6.07) is 15.6. The van der Waals surface area contributed by atoms with Crippen LogP contribution in [-0.2, 0) is 11.3 Å². The van der Waals surface area contributed by atoms with Gasteiger partial charge in [0.2, 0.25) is 0 Å². The number of ether oxygens (including phenoxy) is 2. The second-order valence-electron chi connectivity index (χ2n) is 7.20. The van der Waals surface area contributed by atoms with E-state index in [0.29, 0.717) is 24.5 Å². The highest BCUT2D eigenvalue weighted by Gasteiger charge is 2.17. The van der Waals surface area contributed by atoms with Gasteiger partial charge in [0.1, 0.15) is 12.4 Å². The minimum atomic E-state index is -0.0192. The highest BCUT2D eigenvalue weighted by Crippen LogP contribution is 2.19. The van der Waals surface area contributed by atoms with Crippen molar-refractivity contribution in [2.45, 2.75) is 25.5 Å². The fourth-order valence-electron chi connectivity index (χ4n) is 3.15. The van der Waals surface area contributed by atoms with E-state index < -0.39 is 0 Å². The van der Waals surface area contributed by atoms with E-state index >= 15 is 0 Å². The summed E-state index contributed by atoms with van der Waals surface area (Å²) in [7, 11) is 5.85. The first kappa shape index (κ1) is 19.2. The maximum Gasteiger partial charge on any atom is 0.254 e. The Labute approximate surface area is 161 Å². The molecule has 2 aromatic carbocycles. The molecule has 0 aromatic heterocycles. The van der Waals surface area contributed by atoms with Gasteiger partial charge in [0, 0.05) is 45.5 Å². The zero-order valence-electron chi connectivity index (χ0n) is 16.4. The Morgan fingerprint density at radius 3 is 2.59 bits per heavy atom. The minimum Gasteiger partial charge on any atom is -0.491 e. The second kappa shape index (κ2) is 8.91. The quantitative estimate of drug-likeness (QED) is 0.749. The number of carbonyl (C=O) groups excluding carboxylic acids is 1. The highest BCUT2D eigenvalue weighted by atomic mass is 16.5. The van der Waals surface area contributed by atoms with Gasteiger partial charge in [0.05, 0.1) is 6.10 Å². The molecule has 1 aliphatic heterocycles. The fraction of sp³-hybridized carbons (Fsp3) is 0.409. The van der Waals surface area contributed by atoms with Crippen molar-refractivity contribution in [3.8, 4) is 5.75 Å².